The average molecular weight is 397 g/mol. The smallest absolute Gasteiger partial charge is 0.351 e. The van der Waals surface area contributed by atoms with Gasteiger partial charge >= 0.3 is 6.18 Å². The Morgan fingerprint density at radius 1 is 1.19 bits per heavy atom. The molecule has 1 N–H and O–H groups in total. The highest BCUT2D eigenvalue weighted by molar-refractivity contribution is 7.17. The Balaban J connectivity index is 1.63. The Kier molecular flexibility index (Phi) is 5.31. The molecule has 0 saturated heterocycles. The summed E-state index contributed by atoms with van der Waals surface area (Å²) in [5.74, 6) is -0.641. The molecule has 1 amide bonds. The van der Waals surface area contributed by atoms with Gasteiger partial charge in [0, 0.05) is 13.6 Å². The number of benzene rings is 1. The standard InChI is InChI=1S/C18H15F4N3OS/c1-25-16(18(20,21)22)10-13(24-25)14-6-7-15(27-14)17(26)23-9-8-11-2-4-12(19)5-3-11/h2-7,10H,8-9H2,1H3,(H,23,26). The van der Waals surface area contributed by atoms with Gasteiger partial charge in [-0.05, 0) is 42.3 Å². The highest BCUT2D eigenvalue weighted by Gasteiger charge is 2.35. The number of hydrogen-bond acceptors (Lipinski definition) is 3. The van der Waals surface area contributed by atoms with Gasteiger partial charge in [-0.1, -0.05) is 12.1 Å². The largest absolute Gasteiger partial charge is 0.433 e. The van der Waals surface area contributed by atoms with E-state index in [9.17, 15) is 22.4 Å². The molecule has 3 aromatic rings. The van der Waals surface area contributed by atoms with Gasteiger partial charge in [-0.25, -0.2) is 4.39 Å². The molecule has 27 heavy (non-hydrogen) atoms. The Morgan fingerprint density at radius 3 is 2.52 bits per heavy atom. The predicted octanol–water partition coefficient (Wildman–Crippen LogP) is 4.28. The maximum atomic E-state index is 12.9. The van der Waals surface area contributed by atoms with Crippen molar-refractivity contribution in [2.24, 2.45) is 7.05 Å². The summed E-state index contributed by atoms with van der Waals surface area (Å²) in [6.45, 7) is 0.361. The fourth-order valence-corrected chi connectivity index (χ4v) is 3.39. The Hall–Kier alpha value is -2.68. The number of hydrogen-bond donors (Lipinski definition) is 1. The third kappa shape index (κ3) is 4.54. The number of aromatic nitrogens is 2. The summed E-state index contributed by atoms with van der Waals surface area (Å²) < 4.78 is 52.2. The van der Waals surface area contributed by atoms with Crippen molar-refractivity contribution in [1.82, 2.24) is 15.1 Å². The number of rotatable bonds is 5. The minimum Gasteiger partial charge on any atom is -0.351 e. The SMILES string of the molecule is Cn1nc(-c2ccc(C(=O)NCCc3ccc(F)cc3)s2)cc1C(F)(F)F. The van der Waals surface area contributed by atoms with Gasteiger partial charge in [0.1, 0.15) is 17.2 Å². The van der Waals surface area contributed by atoms with E-state index >= 15 is 0 Å². The van der Waals surface area contributed by atoms with Gasteiger partial charge in [0.05, 0.1) is 9.75 Å². The number of halogens is 4. The van der Waals surface area contributed by atoms with Crippen LogP contribution in [-0.4, -0.2) is 22.2 Å². The maximum absolute atomic E-state index is 12.9. The van der Waals surface area contributed by atoms with Crippen LogP contribution >= 0.6 is 11.3 Å². The molecule has 2 aromatic heterocycles. The summed E-state index contributed by atoms with van der Waals surface area (Å²) in [6.07, 6.45) is -3.95. The first kappa shape index (κ1) is 19.1. The number of amides is 1. The molecule has 4 nitrogen and oxygen atoms in total. The summed E-state index contributed by atoms with van der Waals surface area (Å²) in [7, 11) is 1.23. The number of carbonyl (C=O) groups is 1. The first-order chi connectivity index (χ1) is 12.7. The van der Waals surface area contributed by atoms with E-state index in [0.717, 1.165) is 27.6 Å². The van der Waals surface area contributed by atoms with Crippen molar-refractivity contribution in [3.05, 3.63) is 64.4 Å². The fourth-order valence-electron chi connectivity index (χ4n) is 2.51. The van der Waals surface area contributed by atoms with Crippen molar-refractivity contribution >= 4 is 17.2 Å². The fraction of sp³-hybridized carbons (Fsp3) is 0.222. The highest BCUT2D eigenvalue weighted by Crippen LogP contribution is 2.34. The van der Waals surface area contributed by atoms with Crippen LogP contribution in [-0.2, 0) is 19.6 Å². The minimum atomic E-state index is -4.49. The molecule has 0 bridgehead atoms. The maximum Gasteiger partial charge on any atom is 0.433 e. The van der Waals surface area contributed by atoms with Crippen molar-refractivity contribution in [3.8, 4) is 10.6 Å². The lowest BCUT2D eigenvalue weighted by molar-refractivity contribution is -0.143. The van der Waals surface area contributed by atoms with E-state index in [2.05, 4.69) is 10.4 Å². The zero-order valence-corrected chi connectivity index (χ0v) is 15.0. The lowest BCUT2D eigenvalue weighted by Crippen LogP contribution is -2.24. The van der Waals surface area contributed by atoms with Gasteiger partial charge in [-0.15, -0.1) is 11.3 Å². The van der Waals surface area contributed by atoms with Crippen molar-refractivity contribution in [3.63, 3.8) is 0 Å². The molecule has 0 aliphatic carbocycles. The van der Waals surface area contributed by atoms with Gasteiger partial charge in [0.2, 0.25) is 0 Å². The van der Waals surface area contributed by atoms with Crippen LogP contribution in [0.25, 0.3) is 10.6 Å². The van der Waals surface area contributed by atoms with Gasteiger partial charge in [-0.3, -0.25) is 9.48 Å². The van der Waals surface area contributed by atoms with E-state index < -0.39 is 11.9 Å². The summed E-state index contributed by atoms with van der Waals surface area (Å²) in [6, 6.07) is 10.1. The Bertz CT molecular complexity index is 944. The van der Waals surface area contributed by atoms with Crippen molar-refractivity contribution in [1.29, 1.82) is 0 Å². The van der Waals surface area contributed by atoms with Crippen LogP contribution in [0, 0.1) is 5.82 Å². The van der Waals surface area contributed by atoms with Crippen LogP contribution < -0.4 is 5.32 Å². The molecule has 1 aromatic carbocycles. The quantitative estimate of drug-likeness (QED) is 0.654. The Labute approximate surface area is 156 Å². The van der Waals surface area contributed by atoms with E-state index in [4.69, 9.17) is 0 Å². The van der Waals surface area contributed by atoms with Crippen LogP contribution in [0.4, 0.5) is 17.6 Å². The molecular weight excluding hydrogens is 382 g/mol. The van der Waals surface area contributed by atoms with E-state index in [1.165, 1.54) is 19.2 Å². The molecular formula is C18H15F4N3OS. The highest BCUT2D eigenvalue weighted by atomic mass is 32.1. The normalized spacial score (nSPS) is 11.6. The van der Waals surface area contributed by atoms with Crippen molar-refractivity contribution in [2.75, 3.05) is 6.54 Å². The first-order valence-electron chi connectivity index (χ1n) is 7.98. The van der Waals surface area contributed by atoms with Gasteiger partial charge in [0.25, 0.3) is 5.91 Å². The lowest BCUT2D eigenvalue weighted by atomic mass is 10.1. The van der Waals surface area contributed by atoms with Crippen LogP contribution in [0.5, 0.6) is 0 Å². The lowest BCUT2D eigenvalue weighted by Gasteiger charge is -2.04. The van der Waals surface area contributed by atoms with Crippen LogP contribution in [0.2, 0.25) is 0 Å². The predicted molar refractivity (Wildman–Crippen MR) is 94.0 cm³/mol. The minimum absolute atomic E-state index is 0.167. The van der Waals surface area contributed by atoms with Crippen molar-refractivity contribution < 1.29 is 22.4 Å². The van der Waals surface area contributed by atoms with E-state index in [1.807, 2.05) is 0 Å². The number of nitrogens with one attached hydrogen (secondary N) is 1. The summed E-state index contributed by atoms with van der Waals surface area (Å²) in [5, 5.41) is 6.61. The molecule has 0 aliphatic rings. The second-order valence-corrected chi connectivity index (χ2v) is 6.92. The third-order valence-electron chi connectivity index (χ3n) is 3.86. The van der Waals surface area contributed by atoms with Crippen molar-refractivity contribution in [2.45, 2.75) is 12.6 Å². The average Bonchev–Trinajstić information content (AvgIpc) is 3.23. The summed E-state index contributed by atoms with van der Waals surface area (Å²) in [4.78, 5) is 13.1. The molecule has 0 saturated carbocycles. The van der Waals surface area contributed by atoms with Gasteiger partial charge in [0.15, 0.2) is 0 Å². The van der Waals surface area contributed by atoms with Gasteiger partial charge in [-0.2, -0.15) is 18.3 Å². The molecule has 2 heterocycles. The molecule has 0 spiro atoms. The molecule has 3 rings (SSSR count). The zero-order chi connectivity index (χ0) is 19.6. The third-order valence-corrected chi connectivity index (χ3v) is 4.97. The summed E-state index contributed by atoms with van der Waals surface area (Å²) in [5.41, 5.74) is 0.202. The van der Waals surface area contributed by atoms with Crippen LogP contribution in [0.15, 0.2) is 42.5 Å². The monoisotopic (exact) mass is 397 g/mol. The second kappa shape index (κ2) is 7.51. The molecule has 0 atom stereocenters. The van der Waals surface area contributed by atoms with E-state index in [0.29, 0.717) is 22.7 Å². The summed E-state index contributed by atoms with van der Waals surface area (Å²) >= 11 is 1.07. The molecule has 142 valence electrons. The van der Waals surface area contributed by atoms with Crippen LogP contribution in [0.1, 0.15) is 20.9 Å². The number of thiophene rings is 1. The van der Waals surface area contributed by atoms with Crippen LogP contribution in [0.3, 0.4) is 0 Å². The number of carbonyl (C=O) groups excluding carboxylic acids is 1. The topological polar surface area (TPSA) is 46.9 Å². The number of alkyl halides is 3. The number of nitrogens with zero attached hydrogens (tertiary/aromatic N) is 2. The molecule has 0 unspecified atom stereocenters. The molecule has 9 heteroatoms. The molecule has 0 aliphatic heterocycles. The first-order valence-corrected chi connectivity index (χ1v) is 8.80. The van der Waals surface area contributed by atoms with Gasteiger partial charge < -0.3 is 5.32 Å². The van der Waals surface area contributed by atoms with E-state index in [-0.39, 0.29) is 17.4 Å². The number of aryl methyl sites for hydroxylation is 1. The second-order valence-electron chi connectivity index (χ2n) is 5.83. The molecule has 0 fully saturated rings. The molecule has 0 radical (unpaired) electrons. The Morgan fingerprint density at radius 2 is 1.89 bits per heavy atom. The zero-order valence-electron chi connectivity index (χ0n) is 14.2. The van der Waals surface area contributed by atoms with E-state index in [1.54, 1.807) is 24.3 Å².